The van der Waals surface area contributed by atoms with Gasteiger partial charge in [0.2, 0.25) is 0 Å². The van der Waals surface area contributed by atoms with Gasteiger partial charge >= 0.3 is 0 Å². The highest BCUT2D eigenvalue weighted by atomic mass is 16.5. The van der Waals surface area contributed by atoms with Gasteiger partial charge in [-0.25, -0.2) is 0 Å². The summed E-state index contributed by atoms with van der Waals surface area (Å²) in [6.45, 7) is 4.18. The van der Waals surface area contributed by atoms with Crippen molar-refractivity contribution in [3.05, 3.63) is 65.2 Å². The van der Waals surface area contributed by atoms with Crippen LogP contribution in [0, 0.1) is 0 Å². The number of likely N-dealkylation sites (tertiary alicyclic amines) is 1. The summed E-state index contributed by atoms with van der Waals surface area (Å²) in [6.07, 6.45) is 4.07. The standard InChI is InChI=1S/C22H26N2O2/c25-22(21-20-6-2-1-5-18(20)12-16-26-21)23-19-9-7-17(8-10-19)11-15-24-13-3-4-14-24/h1-2,5-10,21H,3-4,11-16H2,(H,23,25). The van der Waals surface area contributed by atoms with Crippen LogP contribution in [0.15, 0.2) is 48.5 Å². The molecule has 2 aromatic carbocycles. The summed E-state index contributed by atoms with van der Waals surface area (Å²) >= 11 is 0. The van der Waals surface area contributed by atoms with Crippen LogP contribution in [0.4, 0.5) is 5.69 Å². The van der Waals surface area contributed by atoms with Crippen LogP contribution in [-0.4, -0.2) is 37.0 Å². The van der Waals surface area contributed by atoms with Crippen LogP contribution in [0.1, 0.15) is 35.6 Å². The maximum absolute atomic E-state index is 12.7. The molecule has 4 rings (SSSR count). The molecular formula is C22H26N2O2. The minimum Gasteiger partial charge on any atom is -0.363 e. The van der Waals surface area contributed by atoms with E-state index in [9.17, 15) is 4.79 Å². The Labute approximate surface area is 155 Å². The molecule has 136 valence electrons. The van der Waals surface area contributed by atoms with E-state index in [0.717, 1.165) is 30.6 Å². The number of carbonyl (C=O) groups excluding carboxylic acids is 1. The zero-order valence-corrected chi connectivity index (χ0v) is 15.1. The van der Waals surface area contributed by atoms with Gasteiger partial charge < -0.3 is 15.0 Å². The lowest BCUT2D eigenvalue weighted by Gasteiger charge is -2.25. The van der Waals surface area contributed by atoms with Crippen LogP contribution < -0.4 is 5.32 Å². The second kappa shape index (κ2) is 8.02. The molecular weight excluding hydrogens is 324 g/mol. The van der Waals surface area contributed by atoms with Gasteiger partial charge in [0, 0.05) is 12.2 Å². The molecule has 1 fully saturated rings. The van der Waals surface area contributed by atoms with E-state index in [2.05, 4.69) is 28.4 Å². The van der Waals surface area contributed by atoms with Gasteiger partial charge in [0.1, 0.15) is 0 Å². The fourth-order valence-electron chi connectivity index (χ4n) is 3.87. The van der Waals surface area contributed by atoms with Crippen molar-refractivity contribution in [3.63, 3.8) is 0 Å². The Morgan fingerprint density at radius 3 is 2.65 bits per heavy atom. The van der Waals surface area contributed by atoms with Gasteiger partial charge in [0.25, 0.3) is 5.91 Å². The molecule has 1 atom stereocenters. The van der Waals surface area contributed by atoms with Gasteiger partial charge in [-0.15, -0.1) is 0 Å². The smallest absolute Gasteiger partial charge is 0.258 e. The van der Waals surface area contributed by atoms with Gasteiger partial charge in [0.15, 0.2) is 6.10 Å². The van der Waals surface area contributed by atoms with Crippen LogP contribution in [0.25, 0.3) is 0 Å². The Balaban J connectivity index is 1.36. The van der Waals surface area contributed by atoms with E-state index in [1.165, 1.54) is 37.1 Å². The number of fused-ring (bicyclic) bond motifs is 1. The maximum Gasteiger partial charge on any atom is 0.258 e. The third-order valence-electron chi connectivity index (χ3n) is 5.37. The maximum atomic E-state index is 12.7. The number of nitrogens with one attached hydrogen (secondary N) is 1. The van der Waals surface area contributed by atoms with Gasteiger partial charge in [-0.1, -0.05) is 36.4 Å². The van der Waals surface area contributed by atoms with Gasteiger partial charge in [0.05, 0.1) is 6.61 Å². The normalized spacial score (nSPS) is 19.9. The molecule has 2 heterocycles. The van der Waals surface area contributed by atoms with Gasteiger partial charge in [-0.2, -0.15) is 0 Å². The summed E-state index contributed by atoms with van der Waals surface area (Å²) < 4.78 is 5.74. The molecule has 2 aliphatic rings. The average molecular weight is 350 g/mol. The number of anilines is 1. The first-order valence-electron chi connectivity index (χ1n) is 9.61. The minimum atomic E-state index is -0.519. The number of benzene rings is 2. The van der Waals surface area contributed by atoms with E-state index in [-0.39, 0.29) is 5.91 Å². The first kappa shape index (κ1) is 17.3. The zero-order chi connectivity index (χ0) is 17.8. The van der Waals surface area contributed by atoms with E-state index in [4.69, 9.17) is 4.74 Å². The summed E-state index contributed by atoms with van der Waals surface area (Å²) in [5, 5.41) is 3.00. The molecule has 0 spiro atoms. The Kier molecular flexibility index (Phi) is 5.32. The Morgan fingerprint density at radius 2 is 1.85 bits per heavy atom. The molecule has 1 N–H and O–H groups in total. The number of ether oxygens (including phenoxy) is 1. The highest BCUT2D eigenvalue weighted by Gasteiger charge is 2.27. The highest BCUT2D eigenvalue weighted by molar-refractivity contribution is 5.95. The number of carbonyl (C=O) groups is 1. The third kappa shape index (κ3) is 3.97. The molecule has 0 saturated carbocycles. The monoisotopic (exact) mass is 350 g/mol. The predicted octanol–water partition coefficient (Wildman–Crippen LogP) is 3.58. The van der Waals surface area contributed by atoms with Crippen molar-refractivity contribution >= 4 is 11.6 Å². The summed E-state index contributed by atoms with van der Waals surface area (Å²) in [5.41, 5.74) is 4.33. The number of nitrogens with zero attached hydrogens (tertiary/aromatic N) is 1. The van der Waals surface area contributed by atoms with Crippen molar-refractivity contribution < 1.29 is 9.53 Å². The molecule has 2 aromatic rings. The quantitative estimate of drug-likeness (QED) is 0.896. The molecule has 1 amide bonds. The fourth-order valence-corrected chi connectivity index (χ4v) is 3.87. The van der Waals surface area contributed by atoms with Crippen LogP contribution in [-0.2, 0) is 22.4 Å². The van der Waals surface area contributed by atoms with Crippen molar-refractivity contribution in [1.29, 1.82) is 0 Å². The SMILES string of the molecule is O=C(Nc1ccc(CCN2CCCC2)cc1)C1OCCc2ccccc21. The highest BCUT2D eigenvalue weighted by Crippen LogP contribution is 2.28. The van der Waals surface area contributed by atoms with E-state index >= 15 is 0 Å². The molecule has 0 aromatic heterocycles. The molecule has 1 saturated heterocycles. The van der Waals surface area contributed by atoms with Crippen molar-refractivity contribution in [3.8, 4) is 0 Å². The molecule has 4 heteroatoms. The Morgan fingerprint density at radius 1 is 1.08 bits per heavy atom. The molecule has 2 aliphatic heterocycles. The topological polar surface area (TPSA) is 41.6 Å². The molecule has 0 bridgehead atoms. The lowest BCUT2D eigenvalue weighted by molar-refractivity contribution is -0.128. The van der Waals surface area contributed by atoms with Crippen LogP contribution in [0.3, 0.4) is 0 Å². The van der Waals surface area contributed by atoms with Crippen molar-refractivity contribution in [2.75, 3.05) is 31.6 Å². The molecule has 26 heavy (non-hydrogen) atoms. The summed E-state index contributed by atoms with van der Waals surface area (Å²) in [4.78, 5) is 15.2. The second-order valence-corrected chi connectivity index (χ2v) is 7.18. The van der Waals surface area contributed by atoms with Crippen molar-refractivity contribution in [1.82, 2.24) is 4.90 Å². The fraction of sp³-hybridized carbons (Fsp3) is 0.409. The van der Waals surface area contributed by atoms with E-state index in [1.807, 2.05) is 30.3 Å². The van der Waals surface area contributed by atoms with E-state index in [0.29, 0.717) is 6.61 Å². The van der Waals surface area contributed by atoms with Crippen molar-refractivity contribution in [2.45, 2.75) is 31.8 Å². The Hall–Kier alpha value is -2.17. The molecule has 0 aliphatic carbocycles. The van der Waals surface area contributed by atoms with Crippen molar-refractivity contribution in [2.24, 2.45) is 0 Å². The number of amides is 1. The summed E-state index contributed by atoms with van der Waals surface area (Å²) in [7, 11) is 0. The van der Waals surface area contributed by atoms with E-state index < -0.39 is 6.10 Å². The summed E-state index contributed by atoms with van der Waals surface area (Å²) in [5.74, 6) is -0.0954. The lowest BCUT2D eigenvalue weighted by Crippen LogP contribution is -2.28. The van der Waals surface area contributed by atoms with Crippen LogP contribution in [0.5, 0.6) is 0 Å². The first-order valence-corrected chi connectivity index (χ1v) is 9.61. The predicted molar refractivity (Wildman–Crippen MR) is 103 cm³/mol. The van der Waals surface area contributed by atoms with Gasteiger partial charge in [-0.3, -0.25) is 4.79 Å². The molecule has 0 radical (unpaired) electrons. The molecule has 4 nitrogen and oxygen atoms in total. The average Bonchev–Trinajstić information content (AvgIpc) is 3.20. The summed E-state index contributed by atoms with van der Waals surface area (Å²) in [6, 6.07) is 16.2. The van der Waals surface area contributed by atoms with Gasteiger partial charge in [-0.05, 0) is 67.6 Å². The number of rotatable bonds is 5. The van der Waals surface area contributed by atoms with Crippen LogP contribution in [0.2, 0.25) is 0 Å². The van der Waals surface area contributed by atoms with E-state index in [1.54, 1.807) is 0 Å². The molecule has 1 unspecified atom stereocenters. The third-order valence-corrected chi connectivity index (χ3v) is 5.37. The van der Waals surface area contributed by atoms with Crippen LogP contribution >= 0.6 is 0 Å². The largest absolute Gasteiger partial charge is 0.363 e. The second-order valence-electron chi connectivity index (χ2n) is 7.18. The first-order chi connectivity index (χ1) is 12.8. The number of hydrogen-bond donors (Lipinski definition) is 1. The zero-order valence-electron chi connectivity index (χ0n) is 15.1. The lowest BCUT2D eigenvalue weighted by atomic mass is 9.97. The number of hydrogen-bond acceptors (Lipinski definition) is 3. The Bertz CT molecular complexity index is 751. The minimum absolute atomic E-state index is 0.0954.